The molecule has 1 aromatic carbocycles. The van der Waals surface area contributed by atoms with Gasteiger partial charge in [0.05, 0.1) is 18.2 Å². The summed E-state index contributed by atoms with van der Waals surface area (Å²) < 4.78 is 48.1. The first-order chi connectivity index (χ1) is 18.1. The van der Waals surface area contributed by atoms with Crippen molar-refractivity contribution in [2.75, 3.05) is 18.9 Å². The van der Waals surface area contributed by atoms with Gasteiger partial charge in [0.15, 0.2) is 11.6 Å². The van der Waals surface area contributed by atoms with Crippen molar-refractivity contribution < 1.29 is 27.7 Å². The Bertz CT molecular complexity index is 1320. The molecule has 14 heteroatoms. The van der Waals surface area contributed by atoms with Crippen molar-refractivity contribution in [3.05, 3.63) is 47.3 Å². The number of nitrogens with zero attached hydrogens (tertiary/aromatic N) is 5. The minimum atomic E-state index is -4.17. The quantitative estimate of drug-likeness (QED) is 0.307. The number of aromatic nitrogens is 5. The maximum atomic E-state index is 13.6. The number of phenols is 1. The summed E-state index contributed by atoms with van der Waals surface area (Å²) in [6.45, 7) is 7.29. The predicted molar refractivity (Wildman–Crippen MR) is 142 cm³/mol. The standard InChI is InChI=1S/C24H33ClN6O6S/c1-7-14(3)37-18(8-2)23-28-29-24(31(23)20-17(32)10-9-11-19(20)35-5)30-38(33,34)15(4)21(36-6)22-26-12-16(25)13-27-22/h9-15,18,21,32H,7-8H2,1-6H3,(H,29,30)/t14-,15+,18-,21+/m1/s1. The van der Waals surface area contributed by atoms with Gasteiger partial charge in [0, 0.05) is 19.5 Å². The van der Waals surface area contributed by atoms with E-state index >= 15 is 0 Å². The Kier molecular flexibility index (Phi) is 9.88. The number of ether oxygens (including phenoxy) is 3. The predicted octanol–water partition coefficient (Wildman–Crippen LogP) is 4.21. The maximum Gasteiger partial charge on any atom is 0.243 e. The molecular weight excluding hydrogens is 536 g/mol. The Morgan fingerprint density at radius 3 is 2.37 bits per heavy atom. The lowest BCUT2D eigenvalue weighted by Gasteiger charge is -2.24. The molecule has 2 N–H and O–H groups in total. The second-order valence-corrected chi connectivity index (χ2v) is 11.0. The molecule has 0 amide bonds. The van der Waals surface area contributed by atoms with Gasteiger partial charge in [0.2, 0.25) is 16.0 Å². The van der Waals surface area contributed by atoms with Crippen molar-refractivity contribution in [2.24, 2.45) is 0 Å². The molecule has 3 rings (SSSR count). The van der Waals surface area contributed by atoms with Crippen LogP contribution in [0.25, 0.3) is 5.69 Å². The highest BCUT2D eigenvalue weighted by atomic mass is 35.5. The van der Waals surface area contributed by atoms with Crippen LogP contribution < -0.4 is 9.46 Å². The monoisotopic (exact) mass is 568 g/mol. The Morgan fingerprint density at radius 1 is 1.11 bits per heavy atom. The van der Waals surface area contributed by atoms with Gasteiger partial charge in [-0.15, -0.1) is 10.2 Å². The molecule has 0 aliphatic rings. The number of hydrogen-bond acceptors (Lipinski definition) is 10. The van der Waals surface area contributed by atoms with E-state index in [9.17, 15) is 13.5 Å². The molecule has 2 heterocycles. The fourth-order valence-corrected chi connectivity index (χ4v) is 5.00. The van der Waals surface area contributed by atoms with Gasteiger partial charge in [-0.3, -0.25) is 9.29 Å². The lowest BCUT2D eigenvalue weighted by Crippen LogP contribution is -2.33. The average Bonchev–Trinajstić information content (AvgIpc) is 3.30. The zero-order valence-corrected chi connectivity index (χ0v) is 23.7. The van der Waals surface area contributed by atoms with Gasteiger partial charge in [-0.2, -0.15) is 0 Å². The SMILES string of the molecule is CC[C@@H](C)O[C@H](CC)c1nnc(NS(=O)(=O)[C@@H](C)[C@H](OC)c2ncc(Cl)cn2)n1-c1c(O)cccc1OC. The summed E-state index contributed by atoms with van der Waals surface area (Å²) in [5.74, 6) is 0.392. The average molecular weight is 569 g/mol. The third kappa shape index (κ3) is 6.34. The summed E-state index contributed by atoms with van der Waals surface area (Å²) in [5.41, 5.74) is 0.163. The first-order valence-electron chi connectivity index (χ1n) is 12.1. The third-order valence-corrected chi connectivity index (χ3v) is 7.93. The number of rotatable bonds is 13. The van der Waals surface area contributed by atoms with Crippen molar-refractivity contribution in [3.8, 4) is 17.2 Å². The van der Waals surface area contributed by atoms with E-state index in [1.165, 1.54) is 44.2 Å². The minimum absolute atomic E-state index is 0.0987. The first kappa shape index (κ1) is 29.6. The van der Waals surface area contributed by atoms with E-state index in [0.29, 0.717) is 17.3 Å². The second-order valence-electron chi connectivity index (χ2n) is 8.57. The molecule has 208 valence electrons. The fourth-order valence-electron chi connectivity index (χ4n) is 3.77. The molecule has 0 bridgehead atoms. The van der Waals surface area contributed by atoms with E-state index in [4.69, 9.17) is 25.8 Å². The molecule has 38 heavy (non-hydrogen) atoms. The van der Waals surface area contributed by atoms with Crippen LogP contribution in [0.4, 0.5) is 5.95 Å². The molecule has 4 atom stereocenters. The van der Waals surface area contributed by atoms with Gasteiger partial charge >= 0.3 is 0 Å². The van der Waals surface area contributed by atoms with Crippen molar-refractivity contribution in [3.63, 3.8) is 0 Å². The molecule has 2 aromatic heterocycles. The molecular formula is C24H33ClN6O6S. The summed E-state index contributed by atoms with van der Waals surface area (Å²) >= 11 is 5.87. The Labute approximate surface area is 227 Å². The zero-order chi connectivity index (χ0) is 28.0. The Balaban J connectivity index is 2.11. The van der Waals surface area contributed by atoms with Crippen LogP contribution >= 0.6 is 11.6 Å². The summed E-state index contributed by atoms with van der Waals surface area (Å²) in [6.07, 6.45) is 2.33. The van der Waals surface area contributed by atoms with Crippen LogP contribution in [0.15, 0.2) is 30.6 Å². The Hall–Kier alpha value is -3.00. The summed E-state index contributed by atoms with van der Waals surface area (Å²) in [4.78, 5) is 8.21. The van der Waals surface area contributed by atoms with Gasteiger partial charge in [0.25, 0.3) is 0 Å². The highest BCUT2D eigenvalue weighted by molar-refractivity contribution is 7.93. The molecule has 0 aliphatic heterocycles. The van der Waals surface area contributed by atoms with E-state index in [1.54, 1.807) is 12.1 Å². The van der Waals surface area contributed by atoms with Crippen LogP contribution in [0.1, 0.15) is 64.4 Å². The van der Waals surface area contributed by atoms with Crippen molar-refractivity contribution in [2.45, 2.75) is 64.1 Å². The molecule has 12 nitrogen and oxygen atoms in total. The number of halogens is 1. The van der Waals surface area contributed by atoms with Crippen LogP contribution in [0, 0.1) is 0 Å². The van der Waals surface area contributed by atoms with Gasteiger partial charge < -0.3 is 19.3 Å². The Morgan fingerprint density at radius 2 is 1.79 bits per heavy atom. The second kappa shape index (κ2) is 12.7. The normalized spacial score (nSPS) is 15.0. The molecule has 0 fully saturated rings. The summed E-state index contributed by atoms with van der Waals surface area (Å²) in [7, 11) is -1.36. The number of anilines is 1. The maximum absolute atomic E-state index is 13.6. The summed E-state index contributed by atoms with van der Waals surface area (Å²) in [5, 5.41) is 18.4. The van der Waals surface area contributed by atoms with Crippen LogP contribution in [-0.2, 0) is 19.5 Å². The van der Waals surface area contributed by atoms with E-state index in [0.717, 1.165) is 6.42 Å². The van der Waals surface area contributed by atoms with E-state index < -0.39 is 27.5 Å². The molecule has 0 aliphatic carbocycles. The van der Waals surface area contributed by atoms with Crippen molar-refractivity contribution in [1.29, 1.82) is 0 Å². The van der Waals surface area contributed by atoms with Crippen LogP contribution in [-0.4, -0.2) is 63.8 Å². The van der Waals surface area contributed by atoms with Crippen LogP contribution in [0.2, 0.25) is 5.02 Å². The van der Waals surface area contributed by atoms with E-state index in [-0.39, 0.29) is 35.1 Å². The lowest BCUT2D eigenvalue weighted by atomic mass is 10.2. The first-order valence-corrected chi connectivity index (χ1v) is 14.0. The van der Waals surface area contributed by atoms with Gasteiger partial charge in [-0.1, -0.05) is 31.5 Å². The van der Waals surface area contributed by atoms with E-state index in [1.807, 2.05) is 20.8 Å². The fraction of sp³-hybridized carbons (Fsp3) is 0.500. The number of phenolic OH excluding ortho intramolecular Hbond substituents is 1. The molecule has 0 radical (unpaired) electrons. The molecule has 0 unspecified atom stereocenters. The highest BCUT2D eigenvalue weighted by Crippen LogP contribution is 2.37. The largest absolute Gasteiger partial charge is 0.506 e. The topological polar surface area (TPSA) is 151 Å². The third-order valence-electron chi connectivity index (χ3n) is 6.04. The number of aromatic hydroxyl groups is 1. The van der Waals surface area contributed by atoms with Gasteiger partial charge in [-0.05, 0) is 38.8 Å². The zero-order valence-electron chi connectivity index (χ0n) is 22.1. The number of nitrogens with one attached hydrogen (secondary N) is 1. The van der Waals surface area contributed by atoms with Crippen LogP contribution in [0.3, 0.4) is 0 Å². The number of sulfonamides is 1. The van der Waals surface area contributed by atoms with Gasteiger partial charge in [-0.25, -0.2) is 18.4 Å². The van der Waals surface area contributed by atoms with Crippen molar-refractivity contribution >= 4 is 27.6 Å². The smallest absolute Gasteiger partial charge is 0.243 e. The number of methoxy groups -OCH3 is 2. The van der Waals surface area contributed by atoms with Crippen molar-refractivity contribution in [1.82, 2.24) is 24.7 Å². The number of hydrogen-bond donors (Lipinski definition) is 2. The highest BCUT2D eigenvalue weighted by Gasteiger charge is 2.35. The molecule has 0 saturated carbocycles. The van der Waals surface area contributed by atoms with Crippen LogP contribution in [0.5, 0.6) is 11.5 Å². The van der Waals surface area contributed by atoms with E-state index in [2.05, 4.69) is 24.9 Å². The lowest BCUT2D eigenvalue weighted by molar-refractivity contribution is -0.0128. The number of para-hydroxylation sites is 1. The van der Waals surface area contributed by atoms with Gasteiger partial charge in [0.1, 0.15) is 34.6 Å². The molecule has 0 saturated heterocycles. The molecule has 3 aromatic rings. The number of benzene rings is 1. The summed E-state index contributed by atoms with van der Waals surface area (Å²) in [6, 6.07) is 4.70. The minimum Gasteiger partial charge on any atom is -0.506 e. The molecule has 0 spiro atoms.